The highest BCUT2D eigenvalue weighted by atomic mass is 16.6. The second kappa shape index (κ2) is 12.5. The molecule has 0 bridgehead atoms. The monoisotopic (exact) mass is 597 g/mol. The lowest BCUT2D eigenvalue weighted by molar-refractivity contribution is -0.120. The second-order valence-corrected chi connectivity index (χ2v) is 11.1. The van der Waals surface area contributed by atoms with E-state index in [1.54, 1.807) is 30.1 Å². The SMILES string of the molecule is COC(=O)c1ccc2c(c1)NC(=O)C2C(=Nc1ccc(N(C)C(=O)CN2CCN(C)CC2)cc1)c1ccc2c(c1)OCCO2. The van der Waals surface area contributed by atoms with E-state index in [9.17, 15) is 14.4 Å². The zero-order valence-corrected chi connectivity index (χ0v) is 25.0. The number of esters is 1. The number of hydrogen-bond acceptors (Lipinski definition) is 9. The number of ether oxygens (including phenoxy) is 3. The molecule has 11 nitrogen and oxygen atoms in total. The number of piperazine rings is 1. The first-order valence-electron chi connectivity index (χ1n) is 14.6. The number of rotatable bonds is 7. The molecule has 228 valence electrons. The molecule has 2 amide bonds. The molecule has 3 aliphatic heterocycles. The van der Waals surface area contributed by atoms with Crippen LogP contribution in [0.5, 0.6) is 11.5 Å². The number of likely N-dealkylation sites (N-methyl/N-ethyl adjacent to an activating group) is 2. The summed E-state index contributed by atoms with van der Waals surface area (Å²) >= 11 is 0. The quantitative estimate of drug-likeness (QED) is 0.326. The van der Waals surface area contributed by atoms with E-state index < -0.39 is 11.9 Å². The van der Waals surface area contributed by atoms with Gasteiger partial charge < -0.3 is 29.3 Å². The summed E-state index contributed by atoms with van der Waals surface area (Å²) in [5.74, 6) is -0.260. The lowest BCUT2D eigenvalue weighted by atomic mass is 9.90. The number of amides is 2. The van der Waals surface area contributed by atoms with Gasteiger partial charge in [0.25, 0.3) is 0 Å². The van der Waals surface area contributed by atoms with Gasteiger partial charge in [0.1, 0.15) is 19.1 Å². The van der Waals surface area contributed by atoms with Crippen LogP contribution in [0.25, 0.3) is 0 Å². The first-order valence-corrected chi connectivity index (χ1v) is 14.6. The predicted molar refractivity (Wildman–Crippen MR) is 167 cm³/mol. The van der Waals surface area contributed by atoms with E-state index in [-0.39, 0.29) is 11.8 Å². The van der Waals surface area contributed by atoms with Gasteiger partial charge in [-0.3, -0.25) is 19.5 Å². The highest BCUT2D eigenvalue weighted by molar-refractivity contribution is 6.24. The van der Waals surface area contributed by atoms with E-state index in [1.807, 2.05) is 42.5 Å². The molecule has 1 atom stereocenters. The number of anilines is 2. The maximum atomic E-state index is 13.5. The average molecular weight is 598 g/mol. The number of fused-ring (bicyclic) bond motifs is 2. The number of nitrogens with zero attached hydrogens (tertiary/aromatic N) is 4. The minimum atomic E-state index is -0.744. The maximum absolute atomic E-state index is 13.5. The van der Waals surface area contributed by atoms with Crippen molar-refractivity contribution in [3.63, 3.8) is 0 Å². The molecule has 0 aliphatic carbocycles. The van der Waals surface area contributed by atoms with Crippen LogP contribution in [-0.4, -0.2) is 100 Å². The third-order valence-electron chi connectivity index (χ3n) is 8.23. The molecular weight excluding hydrogens is 562 g/mol. The summed E-state index contributed by atoms with van der Waals surface area (Å²) in [5.41, 5.74) is 4.14. The van der Waals surface area contributed by atoms with Gasteiger partial charge in [0.2, 0.25) is 11.8 Å². The van der Waals surface area contributed by atoms with Crippen LogP contribution < -0.4 is 19.7 Å². The van der Waals surface area contributed by atoms with Crippen LogP contribution in [0.2, 0.25) is 0 Å². The molecule has 0 aromatic heterocycles. The van der Waals surface area contributed by atoms with Crippen LogP contribution >= 0.6 is 0 Å². The van der Waals surface area contributed by atoms with Crippen LogP contribution in [0.4, 0.5) is 17.1 Å². The molecular formula is C33H35N5O6. The number of carbonyl (C=O) groups is 3. The van der Waals surface area contributed by atoms with Crippen molar-refractivity contribution < 1.29 is 28.6 Å². The molecule has 1 unspecified atom stereocenters. The Morgan fingerprint density at radius 1 is 0.955 bits per heavy atom. The van der Waals surface area contributed by atoms with Gasteiger partial charge in [-0.2, -0.15) is 0 Å². The smallest absolute Gasteiger partial charge is 0.337 e. The molecule has 44 heavy (non-hydrogen) atoms. The highest BCUT2D eigenvalue weighted by Crippen LogP contribution is 2.39. The Morgan fingerprint density at radius 3 is 2.39 bits per heavy atom. The molecule has 1 N–H and O–H groups in total. The van der Waals surface area contributed by atoms with E-state index in [2.05, 4.69) is 22.2 Å². The molecule has 3 aliphatic rings. The third-order valence-corrected chi connectivity index (χ3v) is 8.23. The molecule has 6 rings (SSSR count). The summed E-state index contributed by atoms with van der Waals surface area (Å²) in [4.78, 5) is 49.7. The number of methoxy groups -OCH3 is 1. The van der Waals surface area contributed by atoms with E-state index in [0.29, 0.717) is 65.0 Å². The van der Waals surface area contributed by atoms with E-state index >= 15 is 0 Å². The third kappa shape index (κ3) is 6.01. The van der Waals surface area contributed by atoms with Crippen molar-refractivity contribution in [2.75, 3.05) is 77.4 Å². The topological polar surface area (TPSA) is 113 Å². The molecule has 11 heteroatoms. The first kappa shape index (κ1) is 29.3. The Labute approximate surface area is 256 Å². The van der Waals surface area contributed by atoms with Gasteiger partial charge in [0.15, 0.2) is 11.5 Å². The number of benzene rings is 3. The standard InChI is InChI=1S/C33H35N5O6/c1-36-12-14-38(15-13-36)20-29(39)37(2)24-8-6-23(7-9-24)34-31(21-5-11-27-28(19-21)44-17-16-43-27)30-25-10-4-22(33(41)42-3)18-26(25)35-32(30)40/h4-11,18-19,30H,12-17,20H2,1-3H3,(H,35,40). The second-order valence-electron chi connectivity index (χ2n) is 11.1. The van der Waals surface area contributed by atoms with Gasteiger partial charge in [0, 0.05) is 50.2 Å². The van der Waals surface area contributed by atoms with E-state index in [4.69, 9.17) is 19.2 Å². The van der Waals surface area contributed by atoms with Crippen molar-refractivity contribution in [1.29, 1.82) is 0 Å². The average Bonchev–Trinajstić information content (AvgIpc) is 3.38. The number of nitrogens with one attached hydrogen (secondary N) is 1. The van der Waals surface area contributed by atoms with Crippen molar-refractivity contribution in [3.8, 4) is 11.5 Å². The van der Waals surface area contributed by atoms with Crippen molar-refractivity contribution in [2.24, 2.45) is 4.99 Å². The van der Waals surface area contributed by atoms with Crippen molar-refractivity contribution >= 4 is 40.6 Å². The largest absolute Gasteiger partial charge is 0.486 e. The first-order chi connectivity index (χ1) is 21.3. The lowest BCUT2D eigenvalue weighted by Crippen LogP contribution is -2.48. The van der Waals surface area contributed by atoms with Gasteiger partial charge >= 0.3 is 5.97 Å². The lowest BCUT2D eigenvalue weighted by Gasteiger charge is -2.32. The Hall–Kier alpha value is -4.74. The number of aliphatic imine (C=N–C) groups is 1. The minimum absolute atomic E-state index is 0.0216. The van der Waals surface area contributed by atoms with E-state index in [0.717, 1.165) is 31.9 Å². The molecule has 0 radical (unpaired) electrons. The summed E-state index contributed by atoms with van der Waals surface area (Å²) in [7, 11) is 5.18. The molecule has 0 saturated carbocycles. The van der Waals surface area contributed by atoms with Gasteiger partial charge in [-0.1, -0.05) is 6.07 Å². The van der Waals surface area contributed by atoms with Gasteiger partial charge in [0.05, 0.1) is 30.6 Å². The van der Waals surface area contributed by atoms with Gasteiger partial charge in [-0.15, -0.1) is 0 Å². The van der Waals surface area contributed by atoms with Crippen LogP contribution in [0, 0.1) is 0 Å². The van der Waals surface area contributed by atoms with Crippen LogP contribution in [0.15, 0.2) is 65.7 Å². The van der Waals surface area contributed by atoms with Gasteiger partial charge in [-0.25, -0.2) is 4.79 Å². The fraction of sp³-hybridized carbons (Fsp3) is 0.333. The normalized spacial score (nSPS) is 18.4. The minimum Gasteiger partial charge on any atom is -0.486 e. The Morgan fingerprint density at radius 2 is 1.66 bits per heavy atom. The van der Waals surface area contributed by atoms with Gasteiger partial charge in [-0.05, 0) is 67.2 Å². The van der Waals surface area contributed by atoms with E-state index in [1.165, 1.54) is 7.11 Å². The maximum Gasteiger partial charge on any atom is 0.337 e. The zero-order valence-electron chi connectivity index (χ0n) is 25.0. The Bertz CT molecular complexity index is 1610. The molecule has 3 aromatic carbocycles. The summed E-state index contributed by atoms with van der Waals surface area (Å²) in [6.45, 7) is 4.90. The summed E-state index contributed by atoms with van der Waals surface area (Å²) in [5, 5.41) is 2.90. The Kier molecular flexibility index (Phi) is 8.32. The molecule has 1 saturated heterocycles. The summed E-state index contributed by atoms with van der Waals surface area (Å²) in [6.07, 6.45) is 0. The number of hydrogen-bond donors (Lipinski definition) is 1. The van der Waals surface area contributed by atoms with Crippen LogP contribution in [-0.2, 0) is 14.3 Å². The fourth-order valence-corrected chi connectivity index (χ4v) is 5.61. The fourth-order valence-electron chi connectivity index (χ4n) is 5.61. The Balaban J connectivity index is 1.31. The zero-order chi connectivity index (χ0) is 30.8. The number of carbonyl (C=O) groups excluding carboxylic acids is 3. The highest BCUT2D eigenvalue weighted by Gasteiger charge is 2.36. The van der Waals surface area contributed by atoms with Crippen LogP contribution in [0.1, 0.15) is 27.4 Å². The predicted octanol–water partition coefficient (Wildman–Crippen LogP) is 3.31. The molecule has 3 heterocycles. The summed E-state index contributed by atoms with van der Waals surface area (Å²) < 4.78 is 16.4. The van der Waals surface area contributed by atoms with Crippen LogP contribution in [0.3, 0.4) is 0 Å². The van der Waals surface area contributed by atoms with Crippen molar-refractivity contribution in [3.05, 3.63) is 77.4 Å². The van der Waals surface area contributed by atoms with Crippen molar-refractivity contribution in [2.45, 2.75) is 5.92 Å². The summed E-state index contributed by atoms with van der Waals surface area (Å²) in [6, 6.07) is 17.9. The molecule has 3 aromatic rings. The molecule has 1 fully saturated rings. The molecule has 0 spiro atoms. The van der Waals surface area contributed by atoms with Crippen molar-refractivity contribution in [1.82, 2.24) is 9.80 Å².